The van der Waals surface area contributed by atoms with Gasteiger partial charge >= 0.3 is 5.97 Å². The van der Waals surface area contributed by atoms with Gasteiger partial charge in [0, 0.05) is 12.1 Å². The van der Waals surface area contributed by atoms with Crippen molar-refractivity contribution in [1.29, 1.82) is 0 Å². The van der Waals surface area contributed by atoms with E-state index >= 15 is 0 Å². The summed E-state index contributed by atoms with van der Waals surface area (Å²) in [5.74, 6) is -0.124. The first-order valence-electron chi connectivity index (χ1n) is 6.30. The van der Waals surface area contributed by atoms with Crippen LogP contribution in [0.15, 0.2) is 0 Å². The molecule has 102 valence electrons. The Bertz CT molecular complexity index is 256. The van der Waals surface area contributed by atoms with Crippen molar-refractivity contribution in [3.63, 3.8) is 0 Å². The van der Waals surface area contributed by atoms with Gasteiger partial charge in [-0.3, -0.25) is 4.79 Å². The molecule has 0 rings (SSSR count). The number of esters is 1. The molecule has 0 heterocycles. The number of rotatable bonds is 4. The number of nitrogens with one attached hydrogen (secondary N) is 1. The zero-order valence-corrected chi connectivity index (χ0v) is 12.7. The van der Waals surface area contributed by atoms with Crippen LogP contribution in [-0.4, -0.2) is 24.7 Å². The molecular weight excluding hydrogens is 214 g/mol. The summed E-state index contributed by atoms with van der Waals surface area (Å²) in [5, 5.41) is 3.29. The summed E-state index contributed by atoms with van der Waals surface area (Å²) < 4.78 is 5.33. The van der Waals surface area contributed by atoms with Gasteiger partial charge in [-0.25, -0.2) is 0 Å². The van der Waals surface area contributed by atoms with Gasteiger partial charge in [-0.05, 0) is 40.0 Å². The number of hydrogen-bond acceptors (Lipinski definition) is 3. The third kappa shape index (κ3) is 5.53. The molecule has 0 aromatic rings. The lowest BCUT2D eigenvalue weighted by atomic mass is 9.69. The highest BCUT2D eigenvalue weighted by Gasteiger charge is 2.41. The van der Waals surface area contributed by atoms with Gasteiger partial charge in [-0.15, -0.1) is 0 Å². The van der Waals surface area contributed by atoms with Gasteiger partial charge in [0.25, 0.3) is 0 Å². The zero-order chi connectivity index (χ0) is 13.9. The highest BCUT2D eigenvalue weighted by atomic mass is 16.5. The number of carbonyl (C=O) groups is 1. The molecule has 0 spiro atoms. The van der Waals surface area contributed by atoms with Crippen molar-refractivity contribution in [2.24, 2.45) is 10.8 Å². The van der Waals surface area contributed by atoms with Crippen molar-refractivity contribution < 1.29 is 9.53 Å². The summed E-state index contributed by atoms with van der Waals surface area (Å²) in [5.41, 5.74) is -0.498. The summed E-state index contributed by atoms with van der Waals surface area (Å²) in [6.07, 6.45) is 0. The lowest BCUT2D eigenvalue weighted by Crippen LogP contribution is -2.41. The molecule has 0 bridgehead atoms. The van der Waals surface area contributed by atoms with Gasteiger partial charge in [-0.1, -0.05) is 20.8 Å². The van der Waals surface area contributed by atoms with E-state index in [0.717, 1.165) is 0 Å². The maximum absolute atomic E-state index is 12.0. The molecule has 0 amide bonds. The molecule has 0 fully saturated rings. The van der Waals surface area contributed by atoms with Crippen LogP contribution in [0.4, 0.5) is 0 Å². The Kier molecular flexibility index (Phi) is 5.20. The van der Waals surface area contributed by atoms with Crippen LogP contribution in [0.2, 0.25) is 0 Å². The Morgan fingerprint density at radius 3 is 1.82 bits per heavy atom. The molecule has 0 atom stereocenters. The van der Waals surface area contributed by atoms with Crippen LogP contribution >= 0.6 is 0 Å². The Morgan fingerprint density at radius 2 is 1.47 bits per heavy atom. The molecule has 3 heteroatoms. The molecule has 3 nitrogen and oxygen atoms in total. The standard InChI is InChI=1S/C14H29NO2/c1-12(2,3)14(7,8)11(16)17-10-9-15-13(4,5)6/h15H,9-10H2,1-8H3. The minimum atomic E-state index is -0.464. The van der Waals surface area contributed by atoms with Crippen molar-refractivity contribution in [3.8, 4) is 0 Å². The maximum atomic E-state index is 12.0. The first-order valence-corrected chi connectivity index (χ1v) is 6.30. The molecular formula is C14H29NO2. The number of ether oxygens (including phenoxy) is 1. The maximum Gasteiger partial charge on any atom is 0.312 e. The Labute approximate surface area is 106 Å². The predicted molar refractivity (Wildman–Crippen MR) is 72.0 cm³/mol. The van der Waals surface area contributed by atoms with Crippen molar-refractivity contribution in [2.45, 2.75) is 60.9 Å². The molecule has 0 unspecified atom stereocenters. The van der Waals surface area contributed by atoms with E-state index in [9.17, 15) is 4.79 Å². The lowest BCUT2D eigenvalue weighted by molar-refractivity contribution is -0.160. The topological polar surface area (TPSA) is 38.3 Å². The Morgan fingerprint density at radius 1 is 1.00 bits per heavy atom. The van der Waals surface area contributed by atoms with Crippen LogP contribution in [0, 0.1) is 10.8 Å². The third-order valence-electron chi connectivity index (χ3n) is 3.38. The normalized spacial score (nSPS) is 13.6. The second-order valence-electron chi connectivity index (χ2n) is 7.19. The van der Waals surface area contributed by atoms with Crippen LogP contribution < -0.4 is 5.32 Å². The summed E-state index contributed by atoms with van der Waals surface area (Å²) in [6.45, 7) is 17.4. The number of hydrogen-bond donors (Lipinski definition) is 1. The highest BCUT2D eigenvalue weighted by Crippen LogP contribution is 2.38. The molecule has 0 aliphatic rings. The van der Waals surface area contributed by atoms with Gasteiger partial charge in [0.2, 0.25) is 0 Å². The molecule has 1 N–H and O–H groups in total. The van der Waals surface area contributed by atoms with E-state index < -0.39 is 5.41 Å². The van der Waals surface area contributed by atoms with Crippen LogP contribution in [-0.2, 0) is 9.53 Å². The highest BCUT2D eigenvalue weighted by molar-refractivity contribution is 5.76. The lowest BCUT2D eigenvalue weighted by Gasteiger charge is -2.36. The van der Waals surface area contributed by atoms with Gasteiger partial charge in [-0.2, -0.15) is 0 Å². The Balaban J connectivity index is 4.12. The van der Waals surface area contributed by atoms with E-state index in [1.165, 1.54) is 0 Å². The second kappa shape index (κ2) is 5.38. The van der Waals surface area contributed by atoms with Gasteiger partial charge in [0.15, 0.2) is 0 Å². The fourth-order valence-electron chi connectivity index (χ4n) is 1.06. The third-order valence-corrected chi connectivity index (χ3v) is 3.38. The smallest absolute Gasteiger partial charge is 0.312 e. The quantitative estimate of drug-likeness (QED) is 0.609. The second-order valence-corrected chi connectivity index (χ2v) is 7.19. The molecule has 0 aromatic heterocycles. The molecule has 17 heavy (non-hydrogen) atoms. The van der Waals surface area contributed by atoms with E-state index in [1.54, 1.807) is 0 Å². The van der Waals surface area contributed by atoms with E-state index in [1.807, 2.05) is 13.8 Å². The monoisotopic (exact) mass is 243 g/mol. The summed E-state index contributed by atoms with van der Waals surface area (Å²) in [6, 6.07) is 0. The van der Waals surface area contributed by atoms with Crippen LogP contribution in [0.25, 0.3) is 0 Å². The van der Waals surface area contributed by atoms with Crippen LogP contribution in [0.3, 0.4) is 0 Å². The molecule has 0 aliphatic carbocycles. The first-order chi connectivity index (χ1) is 7.38. The molecule has 0 saturated carbocycles. The van der Waals surface area contributed by atoms with Crippen LogP contribution in [0.1, 0.15) is 55.4 Å². The fraction of sp³-hybridized carbons (Fsp3) is 0.929. The van der Waals surface area contributed by atoms with Crippen molar-refractivity contribution in [3.05, 3.63) is 0 Å². The molecule has 0 saturated heterocycles. The zero-order valence-electron chi connectivity index (χ0n) is 12.7. The van der Waals surface area contributed by atoms with E-state index in [0.29, 0.717) is 13.2 Å². The molecule has 0 aliphatic heterocycles. The number of carbonyl (C=O) groups excluding carboxylic acids is 1. The molecule has 0 aromatic carbocycles. The van der Waals surface area contributed by atoms with E-state index in [4.69, 9.17) is 4.74 Å². The van der Waals surface area contributed by atoms with Gasteiger partial charge in [0.05, 0.1) is 5.41 Å². The summed E-state index contributed by atoms with van der Waals surface area (Å²) >= 11 is 0. The summed E-state index contributed by atoms with van der Waals surface area (Å²) in [7, 11) is 0. The van der Waals surface area contributed by atoms with Crippen molar-refractivity contribution >= 4 is 5.97 Å². The fourth-order valence-corrected chi connectivity index (χ4v) is 1.06. The predicted octanol–water partition coefficient (Wildman–Crippen LogP) is 2.99. The SMILES string of the molecule is CC(C)(C)NCCOC(=O)C(C)(C)C(C)(C)C. The Hall–Kier alpha value is -0.570. The minimum absolute atomic E-state index is 0.0615. The van der Waals surface area contributed by atoms with Crippen LogP contribution in [0.5, 0.6) is 0 Å². The first kappa shape index (κ1) is 16.4. The minimum Gasteiger partial charge on any atom is -0.464 e. The largest absolute Gasteiger partial charge is 0.464 e. The van der Waals surface area contributed by atoms with Crippen molar-refractivity contribution in [1.82, 2.24) is 5.32 Å². The van der Waals surface area contributed by atoms with Crippen molar-refractivity contribution in [2.75, 3.05) is 13.2 Å². The summed E-state index contributed by atoms with van der Waals surface area (Å²) in [4.78, 5) is 12.0. The average Bonchev–Trinajstić information content (AvgIpc) is 2.08. The molecule has 0 radical (unpaired) electrons. The van der Waals surface area contributed by atoms with E-state index in [-0.39, 0.29) is 16.9 Å². The van der Waals surface area contributed by atoms with Gasteiger partial charge < -0.3 is 10.1 Å². The van der Waals surface area contributed by atoms with Gasteiger partial charge in [0.1, 0.15) is 6.61 Å². The average molecular weight is 243 g/mol. The van der Waals surface area contributed by atoms with E-state index in [2.05, 4.69) is 46.9 Å².